The van der Waals surface area contributed by atoms with Crippen molar-refractivity contribution in [2.24, 2.45) is 12.5 Å². The predicted octanol–water partition coefficient (Wildman–Crippen LogP) is 5.06. The third-order valence-corrected chi connectivity index (χ3v) is 9.29. The van der Waals surface area contributed by atoms with E-state index in [1.807, 2.05) is 7.11 Å². The first-order chi connectivity index (χ1) is 19.2. The van der Waals surface area contributed by atoms with Gasteiger partial charge in [0.05, 0.1) is 28.7 Å². The van der Waals surface area contributed by atoms with E-state index in [2.05, 4.69) is 77.6 Å². The molecular weight excluding hydrogens is 500 g/mol. The zero-order valence-corrected chi connectivity index (χ0v) is 24.6. The molecule has 7 rings (SSSR count). The van der Waals surface area contributed by atoms with Crippen molar-refractivity contribution in [1.29, 1.82) is 0 Å². The quantitative estimate of drug-likeness (QED) is 0.378. The third kappa shape index (κ3) is 4.17. The summed E-state index contributed by atoms with van der Waals surface area (Å²) >= 11 is 0. The van der Waals surface area contributed by atoms with E-state index < -0.39 is 0 Å². The van der Waals surface area contributed by atoms with Gasteiger partial charge in [-0.1, -0.05) is 19.9 Å². The van der Waals surface area contributed by atoms with Gasteiger partial charge in [-0.15, -0.1) is 0 Å². The highest BCUT2D eigenvalue weighted by Gasteiger charge is 2.38. The van der Waals surface area contributed by atoms with Gasteiger partial charge in [0, 0.05) is 80.7 Å². The van der Waals surface area contributed by atoms with E-state index in [-0.39, 0.29) is 11.5 Å². The van der Waals surface area contributed by atoms with Crippen LogP contribution in [-0.2, 0) is 24.8 Å². The number of nitrogens with zero attached hydrogens (tertiary/aromatic N) is 7. The molecule has 0 unspecified atom stereocenters. The molecule has 0 bridgehead atoms. The minimum Gasteiger partial charge on any atom is -0.381 e. The number of piperidine rings is 1. The van der Waals surface area contributed by atoms with E-state index in [1.54, 1.807) is 0 Å². The molecule has 4 aromatic rings. The molecule has 1 saturated heterocycles. The first-order valence-electron chi connectivity index (χ1n) is 14.6. The Balaban J connectivity index is 1.35. The van der Waals surface area contributed by atoms with Gasteiger partial charge in [0.1, 0.15) is 11.6 Å². The van der Waals surface area contributed by atoms with Crippen molar-refractivity contribution in [1.82, 2.24) is 29.9 Å². The zero-order chi connectivity index (χ0) is 27.8. The molecular formula is C31H40N8O. The minimum atomic E-state index is 0.0115. The lowest BCUT2D eigenvalue weighted by Crippen LogP contribution is -2.50. The molecule has 5 heterocycles. The van der Waals surface area contributed by atoms with Crippen LogP contribution in [0.15, 0.2) is 18.2 Å². The molecule has 3 aromatic heterocycles. The number of hydrogen-bond donors (Lipinski definition) is 1. The monoisotopic (exact) mass is 540 g/mol. The van der Waals surface area contributed by atoms with Crippen LogP contribution in [0.3, 0.4) is 0 Å². The number of aromatic amines is 1. The van der Waals surface area contributed by atoms with Crippen molar-refractivity contribution in [2.75, 3.05) is 36.5 Å². The van der Waals surface area contributed by atoms with Gasteiger partial charge in [0.15, 0.2) is 5.82 Å². The number of rotatable bonds is 5. The molecule has 1 saturated carbocycles. The summed E-state index contributed by atoms with van der Waals surface area (Å²) in [6.07, 6.45) is 4.60. The van der Waals surface area contributed by atoms with Crippen LogP contribution in [0.2, 0.25) is 0 Å². The van der Waals surface area contributed by atoms with E-state index in [9.17, 15) is 0 Å². The first-order valence-corrected chi connectivity index (χ1v) is 14.6. The number of methoxy groups -OCH3 is 1. The average Bonchev–Trinajstić information content (AvgIpc) is 3.62. The van der Waals surface area contributed by atoms with Gasteiger partial charge >= 0.3 is 0 Å². The van der Waals surface area contributed by atoms with Gasteiger partial charge in [0.2, 0.25) is 0 Å². The Morgan fingerprint density at radius 3 is 2.62 bits per heavy atom. The van der Waals surface area contributed by atoms with Gasteiger partial charge in [0.25, 0.3) is 0 Å². The number of H-pyrrole nitrogens is 1. The van der Waals surface area contributed by atoms with Crippen LogP contribution in [0.5, 0.6) is 0 Å². The number of aryl methyl sites for hydroxylation is 3. The lowest BCUT2D eigenvalue weighted by atomic mass is 9.81. The molecule has 2 fully saturated rings. The van der Waals surface area contributed by atoms with E-state index >= 15 is 0 Å². The highest BCUT2D eigenvalue weighted by molar-refractivity contribution is 5.96. The Bertz CT molecular complexity index is 1600. The third-order valence-electron chi connectivity index (χ3n) is 9.29. The van der Waals surface area contributed by atoms with Gasteiger partial charge < -0.3 is 14.5 Å². The fourth-order valence-electron chi connectivity index (χ4n) is 6.94. The minimum absolute atomic E-state index is 0.0115. The lowest BCUT2D eigenvalue weighted by molar-refractivity contribution is -0.00647. The summed E-state index contributed by atoms with van der Waals surface area (Å²) < 4.78 is 7.95. The topological polar surface area (TPSA) is 88.0 Å². The molecule has 1 aliphatic carbocycles. The van der Waals surface area contributed by atoms with Crippen LogP contribution in [0.25, 0.3) is 22.3 Å². The maximum atomic E-state index is 5.89. The number of nitrogens with one attached hydrogen (secondary N) is 1. The highest BCUT2D eigenvalue weighted by atomic mass is 16.5. The van der Waals surface area contributed by atoms with Crippen LogP contribution in [-0.4, -0.2) is 62.8 Å². The molecule has 9 heteroatoms. The summed E-state index contributed by atoms with van der Waals surface area (Å²) in [5.41, 5.74) is 7.90. The Hall–Kier alpha value is -3.46. The molecule has 1 aromatic carbocycles. The van der Waals surface area contributed by atoms with Crippen LogP contribution in [0, 0.1) is 19.3 Å². The van der Waals surface area contributed by atoms with Crippen molar-refractivity contribution in [3.63, 3.8) is 0 Å². The molecule has 3 aliphatic rings. The zero-order valence-electron chi connectivity index (χ0n) is 24.6. The molecule has 1 N–H and O–H groups in total. The average molecular weight is 541 g/mol. The van der Waals surface area contributed by atoms with E-state index in [0.717, 1.165) is 78.5 Å². The number of anilines is 2. The maximum Gasteiger partial charge on any atom is 0.162 e. The van der Waals surface area contributed by atoms with Gasteiger partial charge in [-0.3, -0.25) is 9.78 Å². The standard InChI is InChI=1S/C31H40N8O/c1-18-7-10-23-28(19(2)34-35-23)27(18)29-32-22-11-13-38(26-15-24(20-8-9-20)36-37(26)5)16-21(22)30(33-29)39-14-12-25(40-6)31(3,4)17-39/h7,10,15,20,25H,8-9,11-14,16-17H2,1-6H3,(H,34,35)/t25-/m1/s1. The Morgan fingerprint density at radius 2 is 1.88 bits per heavy atom. The van der Waals surface area contributed by atoms with Gasteiger partial charge in [-0.2, -0.15) is 10.2 Å². The Morgan fingerprint density at radius 1 is 1.05 bits per heavy atom. The molecule has 2 aliphatic heterocycles. The number of benzene rings is 1. The molecule has 210 valence electrons. The van der Waals surface area contributed by atoms with Crippen molar-refractivity contribution in [3.05, 3.63) is 46.4 Å². The summed E-state index contributed by atoms with van der Waals surface area (Å²) in [5, 5.41) is 13.7. The summed E-state index contributed by atoms with van der Waals surface area (Å²) in [5.74, 6) is 3.70. The number of hydrogen-bond acceptors (Lipinski definition) is 7. The fraction of sp³-hybridized carbons (Fsp3) is 0.548. The smallest absolute Gasteiger partial charge is 0.162 e. The first kappa shape index (κ1) is 25.5. The van der Waals surface area contributed by atoms with Crippen LogP contribution >= 0.6 is 0 Å². The van der Waals surface area contributed by atoms with E-state index in [0.29, 0.717) is 5.92 Å². The van der Waals surface area contributed by atoms with Crippen LogP contribution in [0.4, 0.5) is 11.6 Å². The van der Waals surface area contributed by atoms with Crippen molar-refractivity contribution >= 4 is 22.5 Å². The molecule has 0 spiro atoms. The van der Waals surface area contributed by atoms with Crippen molar-refractivity contribution < 1.29 is 4.74 Å². The molecule has 1 atom stereocenters. The number of aromatic nitrogens is 6. The molecule has 0 radical (unpaired) electrons. The maximum absolute atomic E-state index is 5.89. The molecule has 0 amide bonds. The second-order valence-electron chi connectivity index (χ2n) is 12.7. The second kappa shape index (κ2) is 9.29. The second-order valence-corrected chi connectivity index (χ2v) is 12.7. The Kier molecular flexibility index (Phi) is 5.93. The van der Waals surface area contributed by atoms with E-state index in [4.69, 9.17) is 19.8 Å². The summed E-state index contributed by atoms with van der Waals surface area (Å²) in [4.78, 5) is 15.6. The highest BCUT2D eigenvalue weighted by Crippen LogP contribution is 2.42. The van der Waals surface area contributed by atoms with Crippen LogP contribution < -0.4 is 9.80 Å². The SMILES string of the molecule is CO[C@@H]1CCN(c2nc(-c3c(C)ccc4[nH]nc(C)c34)nc3c2CN(c2cc(C4CC4)nn2C)CC3)CC1(C)C. The normalized spacial score (nSPS) is 20.8. The summed E-state index contributed by atoms with van der Waals surface area (Å²) in [6.45, 7) is 12.3. The van der Waals surface area contributed by atoms with E-state index in [1.165, 1.54) is 35.5 Å². The molecule has 40 heavy (non-hydrogen) atoms. The molecule has 9 nitrogen and oxygen atoms in total. The van der Waals surface area contributed by atoms with Crippen molar-refractivity contribution in [3.8, 4) is 11.4 Å². The van der Waals surface area contributed by atoms with Crippen LogP contribution in [0.1, 0.15) is 67.2 Å². The predicted molar refractivity (Wildman–Crippen MR) is 158 cm³/mol. The summed E-state index contributed by atoms with van der Waals surface area (Å²) in [6, 6.07) is 6.55. The van der Waals surface area contributed by atoms with Gasteiger partial charge in [-0.05, 0) is 44.7 Å². The van der Waals surface area contributed by atoms with Gasteiger partial charge in [-0.25, -0.2) is 9.97 Å². The lowest BCUT2D eigenvalue weighted by Gasteiger charge is -2.45. The number of ether oxygens (including phenoxy) is 1. The summed E-state index contributed by atoms with van der Waals surface area (Å²) in [7, 11) is 3.91. The fourth-order valence-corrected chi connectivity index (χ4v) is 6.94. The largest absolute Gasteiger partial charge is 0.381 e. The number of fused-ring (bicyclic) bond motifs is 2. The van der Waals surface area contributed by atoms with Crippen molar-refractivity contribution in [2.45, 2.75) is 71.9 Å². The Labute approximate surface area is 235 Å².